The summed E-state index contributed by atoms with van der Waals surface area (Å²) in [5.74, 6) is 1.26. The number of benzene rings is 3. The Morgan fingerprint density at radius 2 is 1.11 bits per heavy atom. The molecule has 47 heavy (non-hydrogen) atoms. The second-order valence-corrected chi connectivity index (χ2v) is 11.5. The molecule has 0 aliphatic carbocycles. The Kier molecular flexibility index (Phi) is 14.9. The van der Waals surface area contributed by atoms with Gasteiger partial charge in [-0.3, -0.25) is 0 Å². The number of para-hydroxylation sites is 2. The molecule has 9 heteroatoms. The van der Waals surface area contributed by atoms with Crippen molar-refractivity contribution in [1.29, 1.82) is 0 Å². The van der Waals surface area contributed by atoms with E-state index in [4.69, 9.17) is 29.1 Å². The van der Waals surface area contributed by atoms with E-state index in [0.717, 1.165) is 46.1 Å². The van der Waals surface area contributed by atoms with E-state index in [-0.39, 0.29) is 26.4 Å². The van der Waals surface area contributed by atoms with Gasteiger partial charge in [-0.1, -0.05) is 99.7 Å². The number of aromatic nitrogens is 3. The highest BCUT2D eigenvalue weighted by Gasteiger charge is 2.20. The van der Waals surface area contributed by atoms with E-state index < -0.39 is 12.2 Å². The van der Waals surface area contributed by atoms with Crippen LogP contribution in [0.1, 0.15) is 45.4 Å². The van der Waals surface area contributed by atoms with Crippen molar-refractivity contribution in [1.82, 2.24) is 15.0 Å². The molecule has 1 aromatic heterocycles. The average Bonchev–Trinajstić information content (AvgIpc) is 3.52. The molecule has 2 unspecified atom stereocenters. The summed E-state index contributed by atoms with van der Waals surface area (Å²) in [4.78, 5) is 1.80. The standard InChI is InChI=1S/C38H49N3O6/c1-4-7-8-9-10-15-22-41-39-37-33(31-16-11-13-18-35(31)46-27-29(42)25-44-23-5-2)20-21-34(38(37)40-41)32-17-12-14-19-36(32)47-28-30(43)26-45-24-6-3/h5-6,11-14,16-21,29-30,42-43H,2-4,7-10,15,22-28H2,1H3. The molecule has 0 saturated heterocycles. The minimum Gasteiger partial charge on any atom is -0.490 e. The number of aliphatic hydroxyl groups is 2. The highest BCUT2D eigenvalue weighted by atomic mass is 16.5. The minimum absolute atomic E-state index is 0.0787. The van der Waals surface area contributed by atoms with E-state index in [1.807, 2.05) is 60.7 Å². The first-order chi connectivity index (χ1) is 23.0. The van der Waals surface area contributed by atoms with Gasteiger partial charge in [-0.15, -0.1) is 13.2 Å². The number of ether oxygens (including phenoxy) is 4. The number of unbranched alkanes of at least 4 members (excludes halogenated alkanes) is 5. The van der Waals surface area contributed by atoms with Crippen molar-refractivity contribution >= 4 is 11.0 Å². The molecule has 0 saturated carbocycles. The molecule has 2 N–H and O–H groups in total. The van der Waals surface area contributed by atoms with E-state index in [0.29, 0.717) is 31.3 Å². The van der Waals surface area contributed by atoms with Gasteiger partial charge in [0.2, 0.25) is 0 Å². The van der Waals surface area contributed by atoms with Crippen molar-refractivity contribution in [2.75, 3.05) is 39.6 Å². The Bertz CT molecular complexity index is 1430. The molecule has 2 atom stereocenters. The second-order valence-electron chi connectivity index (χ2n) is 11.5. The van der Waals surface area contributed by atoms with Crippen molar-refractivity contribution in [2.45, 2.75) is 64.2 Å². The highest BCUT2D eigenvalue weighted by Crippen LogP contribution is 2.40. The van der Waals surface area contributed by atoms with Crippen LogP contribution < -0.4 is 9.47 Å². The fraction of sp³-hybridized carbons (Fsp3) is 0.421. The van der Waals surface area contributed by atoms with Crippen LogP contribution in [0.5, 0.6) is 11.5 Å². The number of fused-ring (bicyclic) bond motifs is 1. The largest absolute Gasteiger partial charge is 0.490 e. The number of aryl methyl sites for hydroxylation is 1. The summed E-state index contributed by atoms with van der Waals surface area (Å²) < 4.78 is 23.0. The molecule has 4 aromatic rings. The zero-order valence-electron chi connectivity index (χ0n) is 27.6. The van der Waals surface area contributed by atoms with Crippen LogP contribution in [0.25, 0.3) is 33.3 Å². The smallest absolute Gasteiger partial charge is 0.127 e. The predicted octanol–water partition coefficient (Wildman–Crippen LogP) is 7.01. The van der Waals surface area contributed by atoms with Gasteiger partial charge in [-0.2, -0.15) is 15.0 Å². The summed E-state index contributed by atoms with van der Waals surface area (Å²) >= 11 is 0. The molecular weight excluding hydrogens is 594 g/mol. The van der Waals surface area contributed by atoms with Gasteiger partial charge in [-0.05, 0) is 18.6 Å². The third kappa shape index (κ3) is 10.8. The highest BCUT2D eigenvalue weighted by molar-refractivity contribution is 6.02. The molecule has 0 amide bonds. The van der Waals surface area contributed by atoms with Crippen molar-refractivity contribution in [3.63, 3.8) is 0 Å². The monoisotopic (exact) mass is 643 g/mol. The molecule has 1 heterocycles. The molecule has 0 aliphatic heterocycles. The number of rotatable bonds is 23. The Morgan fingerprint density at radius 3 is 1.60 bits per heavy atom. The third-order valence-corrected chi connectivity index (χ3v) is 7.60. The van der Waals surface area contributed by atoms with Crippen LogP contribution in [-0.4, -0.2) is 77.1 Å². The first-order valence-electron chi connectivity index (χ1n) is 16.6. The molecule has 3 aromatic carbocycles. The van der Waals surface area contributed by atoms with Crippen LogP contribution >= 0.6 is 0 Å². The third-order valence-electron chi connectivity index (χ3n) is 7.60. The van der Waals surface area contributed by atoms with Gasteiger partial charge >= 0.3 is 0 Å². The lowest BCUT2D eigenvalue weighted by Crippen LogP contribution is -2.23. The Balaban J connectivity index is 1.66. The Labute approximate surface area is 278 Å². The summed E-state index contributed by atoms with van der Waals surface area (Å²) in [6, 6.07) is 19.5. The van der Waals surface area contributed by atoms with Crippen molar-refractivity contribution < 1.29 is 29.2 Å². The molecule has 0 spiro atoms. The van der Waals surface area contributed by atoms with Crippen LogP contribution in [0.2, 0.25) is 0 Å². The fourth-order valence-electron chi connectivity index (χ4n) is 5.28. The van der Waals surface area contributed by atoms with Gasteiger partial charge in [-0.25, -0.2) is 0 Å². The predicted molar refractivity (Wildman–Crippen MR) is 187 cm³/mol. The summed E-state index contributed by atoms with van der Waals surface area (Å²) in [6.07, 6.45) is 8.77. The zero-order valence-corrected chi connectivity index (χ0v) is 27.6. The van der Waals surface area contributed by atoms with Crippen LogP contribution in [0.3, 0.4) is 0 Å². The maximum atomic E-state index is 10.4. The van der Waals surface area contributed by atoms with Crippen LogP contribution in [-0.2, 0) is 16.0 Å². The number of hydrogen-bond donors (Lipinski definition) is 2. The SMILES string of the molecule is C=CCOCC(O)COc1ccccc1-c1ccc(-c2ccccc2OCC(O)COCC=C)c2nn(CCCCCCCC)nc12. The normalized spacial score (nSPS) is 12.6. The van der Waals surface area contributed by atoms with Crippen LogP contribution in [0, 0.1) is 0 Å². The summed E-state index contributed by atoms with van der Waals surface area (Å²) in [5.41, 5.74) is 4.93. The summed E-state index contributed by atoms with van der Waals surface area (Å²) in [7, 11) is 0. The van der Waals surface area contributed by atoms with Gasteiger partial charge in [0.1, 0.15) is 48.0 Å². The summed E-state index contributed by atoms with van der Waals surface area (Å²) in [5, 5.41) is 30.8. The number of aliphatic hydroxyl groups excluding tert-OH is 2. The lowest BCUT2D eigenvalue weighted by molar-refractivity contribution is 0.0215. The Morgan fingerprint density at radius 1 is 0.638 bits per heavy atom. The topological polar surface area (TPSA) is 108 Å². The number of hydrogen-bond acceptors (Lipinski definition) is 8. The Hall–Kier alpha value is -4.02. The molecule has 0 bridgehead atoms. The lowest BCUT2D eigenvalue weighted by atomic mass is 9.97. The molecule has 0 fully saturated rings. The average molecular weight is 644 g/mol. The minimum atomic E-state index is -0.785. The molecule has 4 rings (SSSR count). The molecule has 9 nitrogen and oxygen atoms in total. The lowest BCUT2D eigenvalue weighted by Gasteiger charge is -2.17. The first-order valence-corrected chi connectivity index (χ1v) is 16.6. The number of nitrogens with zero attached hydrogens (tertiary/aromatic N) is 3. The first kappa shape index (κ1) is 35.8. The van der Waals surface area contributed by atoms with Crippen molar-refractivity contribution in [2.24, 2.45) is 0 Å². The van der Waals surface area contributed by atoms with E-state index in [1.165, 1.54) is 25.7 Å². The molecule has 0 aliphatic rings. The molecular formula is C38H49N3O6. The molecule has 252 valence electrons. The van der Waals surface area contributed by atoms with Gasteiger partial charge in [0.25, 0.3) is 0 Å². The van der Waals surface area contributed by atoms with Crippen LogP contribution in [0.4, 0.5) is 0 Å². The maximum Gasteiger partial charge on any atom is 0.127 e. The maximum absolute atomic E-state index is 10.4. The van der Waals surface area contributed by atoms with E-state index >= 15 is 0 Å². The van der Waals surface area contributed by atoms with Gasteiger partial charge in [0, 0.05) is 22.3 Å². The van der Waals surface area contributed by atoms with Crippen molar-refractivity contribution in [3.8, 4) is 33.8 Å². The van der Waals surface area contributed by atoms with E-state index in [2.05, 4.69) is 20.1 Å². The van der Waals surface area contributed by atoms with Gasteiger partial charge in [0.15, 0.2) is 0 Å². The fourth-order valence-corrected chi connectivity index (χ4v) is 5.28. The quantitative estimate of drug-likeness (QED) is 0.0657. The molecule has 0 radical (unpaired) electrons. The zero-order chi connectivity index (χ0) is 33.3. The van der Waals surface area contributed by atoms with Crippen LogP contribution in [0.15, 0.2) is 86.0 Å². The van der Waals surface area contributed by atoms with E-state index in [1.54, 1.807) is 16.9 Å². The second kappa shape index (κ2) is 19.6. The van der Waals surface area contributed by atoms with Crippen molar-refractivity contribution in [3.05, 3.63) is 86.0 Å². The van der Waals surface area contributed by atoms with Gasteiger partial charge in [0.05, 0.1) is 33.0 Å². The van der Waals surface area contributed by atoms with Gasteiger partial charge < -0.3 is 29.2 Å². The summed E-state index contributed by atoms with van der Waals surface area (Å²) in [6.45, 7) is 11.4. The van der Waals surface area contributed by atoms with E-state index in [9.17, 15) is 10.2 Å².